The molecule has 0 aliphatic heterocycles. The molecule has 0 aliphatic carbocycles. The Labute approximate surface area is 74.0 Å². The second kappa shape index (κ2) is 4.45. The predicted octanol–water partition coefficient (Wildman–Crippen LogP) is 1.08. The summed E-state index contributed by atoms with van der Waals surface area (Å²) in [6.07, 6.45) is -4.47. The molecule has 0 amide bonds. The zero-order valence-electron chi connectivity index (χ0n) is 7.39. The van der Waals surface area contributed by atoms with Gasteiger partial charge in [0.15, 0.2) is 0 Å². The molecule has 2 N–H and O–H groups in total. The minimum atomic E-state index is -4.47. The van der Waals surface area contributed by atoms with Crippen molar-refractivity contribution < 1.29 is 22.7 Å². The van der Waals surface area contributed by atoms with Gasteiger partial charge in [-0.25, -0.2) is 0 Å². The van der Waals surface area contributed by atoms with Crippen LogP contribution >= 0.6 is 0 Å². The third kappa shape index (κ3) is 3.63. The molecule has 3 nitrogen and oxygen atoms in total. The zero-order valence-corrected chi connectivity index (χ0v) is 7.39. The van der Waals surface area contributed by atoms with Crippen molar-refractivity contribution >= 4 is 5.97 Å². The highest BCUT2D eigenvalue weighted by Crippen LogP contribution is 2.27. The summed E-state index contributed by atoms with van der Waals surface area (Å²) in [5.41, 5.74) is 5.04. The van der Waals surface area contributed by atoms with Gasteiger partial charge >= 0.3 is 12.1 Å². The number of alkyl halides is 3. The topological polar surface area (TPSA) is 52.3 Å². The molecule has 13 heavy (non-hydrogen) atoms. The summed E-state index contributed by atoms with van der Waals surface area (Å²) < 4.78 is 40.4. The molecule has 0 spiro atoms. The lowest BCUT2D eigenvalue weighted by atomic mass is 10.0. The fraction of sp³-hybridized carbons (Fsp3) is 0.857. The number of hydrogen-bond donors (Lipinski definition) is 1. The number of esters is 1. The zero-order chi connectivity index (χ0) is 10.6. The molecule has 0 aromatic heterocycles. The molecular weight excluding hydrogens is 187 g/mol. The lowest BCUT2D eigenvalue weighted by Crippen LogP contribution is -2.44. The molecule has 78 valence electrons. The smallest absolute Gasteiger partial charge is 0.393 e. The van der Waals surface area contributed by atoms with E-state index in [9.17, 15) is 18.0 Å². The van der Waals surface area contributed by atoms with Gasteiger partial charge in [0.05, 0.1) is 12.5 Å². The summed E-state index contributed by atoms with van der Waals surface area (Å²) in [4.78, 5) is 10.8. The SMILES string of the molecule is CCOC(=O)C(N)[C@@H](C)C(F)(F)F. The van der Waals surface area contributed by atoms with Crippen molar-refractivity contribution in [3.63, 3.8) is 0 Å². The molecule has 0 saturated carbocycles. The van der Waals surface area contributed by atoms with E-state index < -0.39 is 24.1 Å². The van der Waals surface area contributed by atoms with Crippen molar-refractivity contribution in [2.75, 3.05) is 6.61 Å². The van der Waals surface area contributed by atoms with Gasteiger partial charge in [0.2, 0.25) is 0 Å². The van der Waals surface area contributed by atoms with E-state index in [1.165, 1.54) is 6.92 Å². The first-order chi connectivity index (χ1) is 5.80. The number of halogens is 3. The van der Waals surface area contributed by atoms with Crippen LogP contribution in [0.4, 0.5) is 13.2 Å². The van der Waals surface area contributed by atoms with Crippen LogP contribution in [0.1, 0.15) is 13.8 Å². The number of carbonyl (C=O) groups is 1. The normalized spacial score (nSPS) is 16.5. The number of rotatable bonds is 3. The van der Waals surface area contributed by atoms with Crippen LogP contribution in [-0.4, -0.2) is 24.8 Å². The Morgan fingerprint density at radius 1 is 1.54 bits per heavy atom. The molecule has 2 atom stereocenters. The number of nitrogens with two attached hydrogens (primary N) is 1. The first kappa shape index (κ1) is 12.2. The van der Waals surface area contributed by atoms with Gasteiger partial charge in [0.25, 0.3) is 0 Å². The van der Waals surface area contributed by atoms with Crippen molar-refractivity contribution in [1.82, 2.24) is 0 Å². The quantitative estimate of drug-likeness (QED) is 0.692. The number of ether oxygens (including phenoxy) is 1. The molecule has 6 heteroatoms. The molecule has 0 rings (SSSR count). The minimum absolute atomic E-state index is 0.0249. The molecule has 0 heterocycles. The Morgan fingerprint density at radius 2 is 2.00 bits per heavy atom. The molecule has 0 bridgehead atoms. The van der Waals surface area contributed by atoms with Crippen LogP contribution in [0.5, 0.6) is 0 Å². The Bertz CT molecular complexity index is 181. The van der Waals surface area contributed by atoms with Crippen molar-refractivity contribution in [3.8, 4) is 0 Å². The molecule has 0 radical (unpaired) electrons. The lowest BCUT2D eigenvalue weighted by Gasteiger charge is -2.20. The first-order valence-corrected chi connectivity index (χ1v) is 3.79. The highest BCUT2D eigenvalue weighted by molar-refractivity contribution is 5.75. The van der Waals surface area contributed by atoms with Gasteiger partial charge in [0.1, 0.15) is 6.04 Å². The van der Waals surface area contributed by atoms with Gasteiger partial charge in [0, 0.05) is 0 Å². The second-order valence-electron chi connectivity index (χ2n) is 2.61. The van der Waals surface area contributed by atoms with Crippen molar-refractivity contribution in [1.29, 1.82) is 0 Å². The van der Waals surface area contributed by atoms with E-state index in [4.69, 9.17) is 5.73 Å². The van der Waals surface area contributed by atoms with E-state index in [1.807, 2.05) is 0 Å². The summed E-state index contributed by atoms with van der Waals surface area (Å²) in [6.45, 7) is 2.38. The molecule has 0 aromatic rings. The van der Waals surface area contributed by atoms with Gasteiger partial charge in [-0.15, -0.1) is 0 Å². The Hall–Kier alpha value is -0.780. The maximum Gasteiger partial charge on any atom is 0.393 e. The van der Waals surface area contributed by atoms with Gasteiger partial charge in [-0.05, 0) is 6.92 Å². The molecule has 0 aliphatic rings. The van der Waals surface area contributed by atoms with Crippen LogP contribution in [0.15, 0.2) is 0 Å². The number of carbonyl (C=O) groups excluding carboxylic acids is 1. The highest BCUT2D eigenvalue weighted by Gasteiger charge is 2.43. The second-order valence-corrected chi connectivity index (χ2v) is 2.61. The standard InChI is InChI=1S/C7H12F3NO2/c1-3-13-6(12)5(11)4(2)7(8,9)10/h4-5H,3,11H2,1-2H3/t4-,5?/m1/s1. The van der Waals surface area contributed by atoms with Gasteiger partial charge < -0.3 is 10.5 Å². The summed E-state index contributed by atoms with van der Waals surface area (Å²) in [5, 5.41) is 0. The minimum Gasteiger partial charge on any atom is -0.465 e. The van der Waals surface area contributed by atoms with E-state index in [0.29, 0.717) is 0 Å². The first-order valence-electron chi connectivity index (χ1n) is 3.79. The molecule has 0 aromatic carbocycles. The summed E-state index contributed by atoms with van der Waals surface area (Å²) >= 11 is 0. The van der Waals surface area contributed by atoms with Crippen LogP contribution in [-0.2, 0) is 9.53 Å². The van der Waals surface area contributed by atoms with E-state index in [1.54, 1.807) is 0 Å². The summed E-state index contributed by atoms with van der Waals surface area (Å²) in [5.74, 6) is -2.90. The fourth-order valence-electron chi connectivity index (χ4n) is 0.646. The monoisotopic (exact) mass is 199 g/mol. The van der Waals surface area contributed by atoms with Crippen LogP contribution in [0, 0.1) is 5.92 Å². The Morgan fingerprint density at radius 3 is 2.31 bits per heavy atom. The van der Waals surface area contributed by atoms with Crippen molar-refractivity contribution in [3.05, 3.63) is 0 Å². The maximum atomic E-state index is 12.0. The van der Waals surface area contributed by atoms with Gasteiger partial charge in [-0.3, -0.25) is 4.79 Å². The molecular formula is C7H12F3NO2. The average Bonchev–Trinajstić information content (AvgIpc) is 2.00. The third-order valence-electron chi connectivity index (χ3n) is 1.61. The average molecular weight is 199 g/mol. The largest absolute Gasteiger partial charge is 0.465 e. The predicted molar refractivity (Wildman–Crippen MR) is 39.8 cm³/mol. The van der Waals surface area contributed by atoms with E-state index in [2.05, 4.69) is 4.74 Å². The molecule has 1 unspecified atom stereocenters. The fourth-order valence-corrected chi connectivity index (χ4v) is 0.646. The van der Waals surface area contributed by atoms with E-state index in [-0.39, 0.29) is 6.61 Å². The van der Waals surface area contributed by atoms with Crippen molar-refractivity contribution in [2.45, 2.75) is 26.1 Å². The lowest BCUT2D eigenvalue weighted by molar-refractivity contribution is -0.184. The van der Waals surface area contributed by atoms with Gasteiger partial charge in [-0.1, -0.05) is 6.92 Å². The molecule has 0 fully saturated rings. The number of hydrogen-bond acceptors (Lipinski definition) is 3. The maximum absolute atomic E-state index is 12.0. The Balaban J connectivity index is 4.25. The van der Waals surface area contributed by atoms with Crippen LogP contribution < -0.4 is 5.73 Å². The van der Waals surface area contributed by atoms with E-state index >= 15 is 0 Å². The van der Waals surface area contributed by atoms with Gasteiger partial charge in [-0.2, -0.15) is 13.2 Å². The van der Waals surface area contributed by atoms with Crippen LogP contribution in [0.2, 0.25) is 0 Å². The van der Waals surface area contributed by atoms with Crippen molar-refractivity contribution in [2.24, 2.45) is 11.7 Å². The van der Waals surface area contributed by atoms with E-state index in [0.717, 1.165) is 6.92 Å². The summed E-state index contributed by atoms with van der Waals surface area (Å²) in [7, 11) is 0. The highest BCUT2D eigenvalue weighted by atomic mass is 19.4. The van der Waals surface area contributed by atoms with Crippen LogP contribution in [0.3, 0.4) is 0 Å². The van der Waals surface area contributed by atoms with Crippen LogP contribution in [0.25, 0.3) is 0 Å². The molecule has 0 saturated heterocycles. The summed E-state index contributed by atoms with van der Waals surface area (Å²) in [6, 6.07) is -1.64. The Kier molecular flexibility index (Phi) is 4.19. The third-order valence-corrected chi connectivity index (χ3v) is 1.61.